The van der Waals surface area contributed by atoms with E-state index in [4.69, 9.17) is 23.1 Å². The second-order valence-electron chi connectivity index (χ2n) is 7.80. The molecule has 187 valence electrons. The van der Waals surface area contributed by atoms with Crippen LogP contribution >= 0.6 is 7.92 Å². The van der Waals surface area contributed by atoms with Gasteiger partial charge in [-0.2, -0.15) is 0 Å². The largest absolute Gasteiger partial charge is 0.785 e. The summed E-state index contributed by atoms with van der Waals surface area (Å²) in [5.74, 6) is 0. The van der Waals surface area contributed by atoms with Gasteiger partial charge in [-0.1, -0.05) is 96.6 Å². The number of nitrogens with zero attached hydrogens (tertiary/aromatic N) is 1. The van der Waals surface area contributed by atoms with Crippen LogP contribution < -0.4 is 21.5 Å². The maximum atomic E-state index is 7.25. The third kappa shape index (κ3) is 14.1. The second kappa shape index (κ2) is 21.3. The van der Waals surface area contributed by atoms with Crippen molar-refractivity contribution in [1.82, 2.24) is 5.59 Å². The molecule has 2 nitrogen and oxygen atoms in total. The van der Waals surface area contributed by atoms with Crippen LogP contribution in [0.2, 0.25) is 0 Å². The van der Waals surface area contributed by atoms with Gasteiger partial charge in [0, 0.05) is 20.4 Å². The maximum Gasteiger partial charge on any atom is 0.120 e. The van der Waals surface area contributed by atoms with Gasteiger partial charge in [0.1, 0.15) is 5.59 Å². The summed E-state index contributed by atoms with van der Waals surface area (Å²) in [6, 6.07) is 32.3. The summed E-state index contributed by atoms with van der Waals surface area (Å²) in [4.78, 5) is 7.25. The van der Waals surface area contributed by atoms with E-state index >= 15 is 0 Å². The number of allylic oxidation sites excluding steroid dienone is 1. The van der Waals surface area contributed by atoms with Gasteiger partial charge in [-0.05, 0) is 76.2 Å². The normalized spacial score (nSPS) is 12.2. The molecule has 4 rings (SSSR count). The minimum absolute atomic E-state index is 0. The van der Waals surface area contributed by atoms with Gasteiger partial charge in [-0.3, -0.25) is 0 Å². The van der Waals surface area contributed by atoms with Crippen molar-refractivity contribution in [2.24, 2.45) is 0 Å². The van der Waals surface area contributed by atoms with Crippen molar-refractivity contribution in [3.05, 3.63) is 152 Å². The summed E-state index contributed by atoms with van der Waals surface area (Å²) in [5, 5.41) is 4.38. The summed E-state index contributed by atoms with van der Waals surface area (Å²) in [7, 11) is -0.446. The van der Waals surface area contributed by atoms with Crippen LogP contribution in [0.4, 0.5) is 0 Å². The molecule has 0 heterocycles. The molecule has 1 aliphatic rings. The Hall–Kier alpha value is -1.82. The third-order valence-corrected chi connectivity index (χ3v) is 7.69. The molecule has 5 heteroatoms. The van der Waals surface area contributed by atoms with Crippen molar-refractivity contribution in [3.8, 4) is 0 Å². The van der Waals surface area contributed by atoms with Crippen molar-refractivity contribution in [1.29, 1.82) is 0 Å². The van der Waals surface area contributed by atoms with Crippen molar-refractivity contribution in [2.45, 2.75) is 25.5 Å². The van der Waals surface area contributed by atoms with Crippen LogP contribution in [0.25, 0.3) is 0 Å². The molecule has 3 aromatic carbocycles. The molecular formula is C31H33NOPReS-. The zero-order chi connectivity index (χ0) is 25.9. The Kier molecular flexibility index (Phi) is 20.2. The monoisotopic (exact) mass is 685 g/mol. The van der Waals surface area contributed by atoms with E-state index in [1.807, 2.05) is 46.0 Å². The molecule has 1 fully saturated rings. The van der Waals surface area contributed by atoms with E-state index in [9.17, 15) is 0 Å². The summed E-state index contributed by atoms with van der Waals surface area (Å²) >= 11 is 5.08. The molecule has 1 saturated carbocycles. The smallest absolute Gasteiger partial charge is 0.120 e. The van der Waals surface area contributed by atoms with E-state index in [1.54, 1.807) is 0 Å². The number of hydrogen-bond donors (Lipinski definition) is 0. The van der Waals surface area contributed by atoms with Gasteiger partial charge >= 0.3 is 0 Å². The van der Waals surface area contributed by atoms with Crippen molar-refractivity contribution in [3.63, 3.8) is 0 Å². The standard InChI is InChI=1S/C18H15P.C8H14S.C5H5.NO.Re/c1-4-10-16(11-5-1)19(17-12-6-2-7-13-17)18-14-8-3-9-15-18;1-6(2)5-8(9)7(3)4;1-2-4-5-3-1;1-2;/h1-15H;8-9H,1,3,5H2,2,4H3;1-5H;;/p-1/t;8-;;;/m.0.../s1. The van der Waals surface area contributed by atoms with E-state index < -0.39 is 7.92 Å². The van der Waals surface area contributed by atoms with Crippen LogP contribution in [0, 0.1) is 37.0 Å². The molecule has 0 aliphatic heterocycles. The van der Waals surface area contributed by atoms with Gasteiger partial charge in [0.05, 0.1) is 0 Å². The predicted octanol–water partition coefficient (Wildman–Crippen LogP) is 6.46. The molecule has 36 heavy (non-hydrogen) atoms. The molecule has 0 bridgehead atoms. The predicted molar refractivity (Wildman–Crippen MR) is 158 cm³/mol. The first kappa shape index (κ1) is 34.2. The molecule has 0 spiro atoms. The van der Waals surface area contributed by atoms with Crippen molar-refractivity contribution < 1.29 is 20.4 Å². The summed E-state index contributed by atoms with van der Waals surface area (Å²) in [6.07, 6.45) is 10.9. The van der Waals surface area contributed by atoms with E-state index in [-0.39, 0.29) is 25.7 Å². The van der Waals surface area contributed by atoms with Crippen LogP contribution in [0.15, 0.2) is 115 Å². The van der Waals surface area contributed by atoms with E-state index in [1.165, 1.54) is 15.9 Å². The van der Waals surface area contributed by atoms with Gasteiger partial charge in [0.2, 0.25) is 0 Å². The molecule has 1 aliphatic carbocycles. The first-order chi connectivity index (χ1) is 17.0. The third-order valence-electron chi connectivity index (χ3n) is 4.68. The van der Waals surface area contributed by atoms with E-state index in [0.717, 1.165) is 17.6 Å². The molecule has 0 unspecified atom stereocenters. The average molecular weight is 685 g/mol. The molecule has 3 aromatic rings. The molecule has 0 N–H and O–H groups in total. The Balaban J connectivity index is 0.000000603. The van der Waals surface area contributed by atoms with Crippen molar-refractivity contribution in [2.75, 3.05) is 0 Å². The van der Waals surface area contributed by atoms with Gasteiger partial charge in [0.15, 0.2) is 0 Å². The average Bonchev–Trinajstić information content (AvgIpc) is 3.48. The fourth-order valence-corrected chi connectivity index (χ4v) is 5.58. The van der Waals surface area contributed by atoms with E-state index in [2.05, 4.69) is 104 Å². The van der Waals surface area contributed by atoms with Crippen LogP contribution in [0.3, 0.4) is 0 Å². The van der Waals surface area contributed by atoms with Crippen LogP contribution in [0.1, 0.15) is 20.3 Å². The SMILES string of the molecule is C=C(C)C[C@H]([S-])C(=C)C.[CH]1[CH][CH][CH][CH]1.[N]=O.[Re].c1ccc(P(c2ccccc2)c2ccccc2)cc1. The Labute approximate surface area is 239 Å². The Morgan fingerprint density at radius 2 is 0.972 bits per heavy atom. The molecule has 0 aromatic heterocycles. The Bertz CT molecular complexity index is 864. The summed E-state index contributed by atoms with van der Waals surface area (Å²) in [6.45, 7) is 11.5. The molecule has 0 saturated heterocycles. The topological polar surface area (TPSA) is 39.4 Å². The molecule has 0 amide bonds. The first-order valence-corrected chi connectivity index (χ1v) is 13.1. The van der Waals surface area contributed by atoms with E-state index in [0.29, 0.717) is 0 Å². The van der Waals surface area contributed by atoms with Crippen LogP contribution in [-0.4, -0.2) is 5.25 Å². The fraction of sp³-hybridized carbons (Fsp3) is 0.129. The Morgan fingerprint density at radius 3 is 1.17 bits per heavy atom. The fourth-order valence-electron chi connectivity index (χ4n) is 2.99. The van der Waals surface area contributed by atoms with Gasteiger partial charge in [-0.25, -0.2) is 0 Å². The quantitative estimate of drug-likeness (QED) is 0.170. The number of rotatable bonds is 6. The number of nitroso groups, excluding NO2 is 1. The zero-order valence-corrected chi connectivity index (χ0v) is 25.3. The molecule has 7 radical (unpaired) electrons. The van der Waals surface area contributed by atoms with Crippen molar-refractivity contribution >= 4 is 36.5 Å². The van der Waals surface area contributed by atoms with Crippen LogP contribution in [-0.2, 0) is 33.1 Å². The molecule has 1 atom stereocenters. The minimum atomic E-state index is -0.446. The van der Waals surface area contributed by atoms with Gasteiger partial charge in [0.25, 0.3) is 0 Å². The summed E-state index contributed by atoms with van der Waals surface area (Å²) < 4.78 is 0. The van der Waals surface area contributed by atoms with Crippen LogP contribution in [0.5, 0.6) is 0 Å². The zero-order valence-electron chi connectivity index (χ0n) is 20.8. The first-order valence-electron chi connectivity index (χ1n) is 11.2. The van der Waals surface area contributed by atoms with Gasteiger partial charge in [-0.15, -0.1) is 28.9 Å². The maximum absolute atomic E-state index is 7.25. The molecular weight excluding hydrogens is 652 g/mol. The summed E-state index contributed by atoms with van der Waals surface area (Å²) in [5.41, 5.74) is 7.95. The minimum Gasteiger partial charge on any atom is -0.785 e. The number of hydrogen-bond acceptors (Lipinski definition) is 2. The second-order valence-corrected chi connectivity index (χ2v) is 10.6. The van der Waals surface area contributed by atoms with Gasteiger partial charge < -0.3 is 12.6 Å². The Morgan fingerprint density at radius 1 is 0.694 bits per heavy atom. The number of benzene rings is 3.